The van der Waals surface area contributed by atoms with Crippen LogP contribution in [0.1, 0.15) is 28.4 Å². The van der Waals surface area contributed by atoms with Gasteiger partial charge in [0.05, 0.1) is 23.3 Å². The first-order valence-electron chi connectivity index (χ1n) is 10.7. The number of carbonyl (C=O) groups excluding carboxylic acids is 3. The monoisotopic (exact) mass is 491 g/mol. The lowest BCUT2D eigenvalue weighted by atomic mass is 10.1. The van der Waals surface area contributed by atoms with Crippen LogP contribution in [0.5, 0.6) is 11.5 Å². The molecule has 4 rings (SSSR count). The number of para-hydroxylation sites is 1. The highest BCUT2D eigenvalue weighted by molar-refractivity contribution is 6.32. The van der Waals surface area contributed by atoms with Crippen molar-refractivity contribution in [2.24, 2.45) is 0 Å². The summed E-state index contributed by atoms with van der Waals surface area (Å²) in [5.74, 6) is -1.18. The van der Waals surface area contributed by atoms with Gasteiger partial charge in [-0.05, 0) is 60.0 Å². The third kappa shape index (κ3) is 5.28. The number of ether oxygens (including phenoxy) is 2. The first kappa shape index (κ1) is 23.8. The fourth-order valence-corrected chi connectivity index (χ4v) is 3.80. The maximum atomic E-state index is 12.9. The van der Waals surface area contributed by atoms with Crippen LogP contribution >= 0.6 is 11.6 Å². The lowest BCUT2D eigenvalue weighted by Gasteiger charge is -2.15. The maximum absolute atomic E-state index is 12.9. The summed E-state index contributed by atoms with van der Waals surface area (Å²) in [7, 11) is 0. The van der Waals surface area contributed by atoms with Crippen molar-refractivity contribution in [1.29, 1.82) is 0 Å². The number of benzene rings is 3. The first-order chi connectivity index (χ1) is 16.9. The summed E-state index contributed by atoms with van der Waals surface area (Å²) < 4.78 is 11.5. The first-order valence-corrected chi connectivity index (χ1v) is 11.1. The van der Waals surface area contributed by atoms with Gasteiger partial charge in [0.15, 0.2) is 11.5 Å². The van der Waals surface area contributed by atoms with Gasteiger partial charge in [-0.3, -0.25) is 4.79 Å². The Labute approximate surface area is 206 Å². The van der Waals surface area contributed by atoms with E-state index in [1.165, 1.54) is 18.2 Å². The summed E-state index contributed by atoms with van der Waals surface area (Å²) >= 11 is 6.47. The van der Waals surface area contributed by atoms with E-state index < -0.39 is 17.9 Å². The molecule has 3 amide bonds. The molecule has 0 radical (unpaired) electrons. The van der Waals surface area contributed by atoms with Crippen LogP contribution in [0, 0.1) is 0 Å². The number of halogens is 1. The van der Waals surface area contributed by atoms with Crippen LogP contribution in [0.4, 0.5) is 10.5 Å². The number of hydrogen-bond donors (Lipinski definition) is 1. The average molecular weight is 492 g/mol. The minimum absolute atomic E-state index is 0.0389. The number of imide groups is 1. The Balaban J connectivity index is 1.59. The van der Waals surface area contributed by atoms with Gasteiger partial charge in [-0.25, -0.2) is 9.69 Å². The Hall–Kier alpha value is -4.30. The Bertz CT molecular complexity index is 1320. The quantitative estimate of drug-likeness (QED) is 0.379. The molecule has 3 aromatic carbocycles. The zero-order valence-electron chi connectivity index (χ0n) is 18.6. The number of nitrogens with zero attached hydrogens (tertiary/aromatic N) is 1. The van der Waals surface area contributed by atoms with E-state index in [-0.39, 0.29) is 28.6 Å². The largest absolute Gasteiger partial charge is 0.545 e. The molecular formula is C26H20ClN2O6-. The van der Waals surface area contributed by atoms with E-state index >= 15 is 0 Å². The third-order valence-electron chi connectivity index (χ3n) is 5.08. The van der Waals surface area contributed by atoms with Crippen molar-refractivity contribution in [2.45, 2.75) is 13.5 Å². The van der Waals surface area contributed by atoms with Gasteiger partial charge in [0, 0.05) is 0 Å². The molecule has 0 aliphatic carbocycles. The standard InChI is InChI=1S/C26H21ClN2O6/c1-2-34-22-14-17(13-21-24(30)29(26(33)28-21)19-9-4-3-5-10-19)12-20(27)23(22)35-15-16-7-6-8-18(11-16)25(31)32/h3-14H,2,15H2,1H3,(H,28,33)(H,31,32)/p-1/b21-13+. The smallest absolute Gasteiger partial charge is 0.333 e. The van der Waals surface area contributed by atoms with Crippen molar-refractivity contribution in [3.05, 3.63) is 94.1 Å². The molecule has 9 heteroatoms. The van der Waals surface area contributed by atoms with Crippen molar-refractivity contribution in [3.63, 3.8) is 0 Å². The minimum Gasteiger partial charge on any atom is -0.545 e. The molecule has 3 aromatic rings. The second kappa shape index (κ2) is 10.3. The molecule has 0 saturated carbocycles. The average Bonchev–Trinajstić information content (AvgIpc) is 3.12. The molecule has 0 aromatic heterocycles. The van der Waals surface area contributed by atoms with E-state index in [4.69, 9.17) is 21.1 Å². The van der Waals surface area contributed by atoms with Gasteiger partial charge < -0.3 is 24.7 Å². The lowest BCUT2D eigenvalue weighted by molar-refractivity contribution is -0.255. The van der Waals surface area contributed by atoms with Gasteiger partial charge in [0.1, 0.15) is 12.3 Å². The van der Waals surface area contributed by atoms with Gasteiger partial charge in [-0.15, -0.1) is 0 Å². The predicted molar refractivity (Wildman–Crippen MR) is 128 cm³/mol. The van der Waals surface area contributed by atoms with Crippen LogP contribution < -0.4 is 24.8 Å². The topological polar surface area (TPSA) is 108 Å². The SMILES string of the molecule is CCOc1cc(/C=C2/NC(=O)N(c3ccccc3)C2=O)cc(Cl)c1OCc1cccc(C(=O)[O-])c1. The predicted octanol–water partition coefficient (Wildman–Crippen LogP) is 3.78. The molecule has 1 saturated heterocycles. The lowest BCUT2D eigenvalue weighted by Crippen LogP contribution is -2.30. The number of carboxylic acids is 1. The third-order valence-corrected chi connectivity index (χ3v) is 5.36. The molecule has 0 bridgehead atoms. The molecule has 178 valence electrons. The van der Waals surface area contributed by atoms with Crippen LogP contribution in [-0.4, -0.2) is 24.5 Å². The van der Waals surface area contributed by atoms with Crippen molar-refractivity contribution < 1.29 is 29.0 Å². The molecule has 8 nitrogen and oxygen atoms in total. The molecule has 1 aliphatic rings. The summed E-state index contributed by atoms with van der Waals surface area (Å²) in [4.78, 5) is 37.4. The van der Waals surface area contributed by atoms with Crippen molar-refractivity contribution >= 4 is 41.3 Å². The second-order valence-electron chi connectivity index (χ2n) is 7.50. The molecule has 1 fully saturated rings. The van der Waals surface area contributed by atoms with E-state index in [1.54, 1.807) is 61.5 Å². The molecule has 1 aliphatic heterocycles. The summed E-state index contributed by atoms with van der Waals surface area (Å²) in [6, 6.07) is 17.5. The fourth-order valence-electron chi connectivity index (χ4n) is 3.53. The number of hydrogen-bond acceptors (Lipinski definition) is 6. The Morgan fingerprint density at radius 3 is 2.54 bits per heavy atom. The molecule has 0 unspecified atom stereocenters. The number of anilines is 1. The number of amides is 3. The molecule has 35 heavy (non-hydrogen) atoms. The molecule has 1 heterocycles. The summed E-state index contributed by atoms with van der Waals surface area (Å²) in [6.45, 7) is 2.16. The number of aromatic carboxylic acids is 1. The van der Waals surface area contributed by atoms with Crippen LogP contribution in [0.2, 0.25) is 5.02 Å². The number of nitrogens with one attached hydrogen (secondary N) is 1. The number of carbonyl (C=O) groups is 3. The van der Waals surface area contributed by atoms with Gasteiger partial charge >= 0.3 is 6.03 Å². The second-order valence-corrected chi connectivity index (χ2v) is 7.91. The number of carboxylic acid groups (broad SMARTS) is 1. The Kier molecular flexibility index (Phi) is 7.03. The van der Waals surface area contributed by atoms with Gasteiger partial charge in [-0.2, -0.15) is 0 Å². The van der Waals surface area contributed by atoms with E-state index in [0.29, 0.717) is 29.2 Å². The zero-order valence-corrected chi connectivity index (χ0v) is 19.4. The maximum Gasteiger partial charge on any atom is 0.333 e. The highest BCUT2D eigenvalue weighted by Gasteiger charge is 2.34. The summed E-state index contributed by atoms with van der Waals surface area (Å²) in [5.41, 5.74) is 1.71. The van der Waals surface area contributed by atoms with Gasteiger partial charge in [0.25, 0.3) is 5.91 Å². The summed E-state index contributed by atoms with van der Waals surface area (Å²) in [5, 5.41) is 13.9. The van der Waals surface area contributed by atoms with Crippen LogP contribution in [0.3, 0.4) is 0 Å². The highest BCUT2D eigenvalue weighted by atomic mass is 35.5. The van der Waals surface area contributed by atoms with E-state index in [2.05, 4.69) is 5.32 Å². The molecule has 1 N–H and O–H groups in total. The van der Waals surface area contributed by atoms with Crippen LogP contribution in [0.25, 0.3) is 6.08 Å². The van der Waals surface area contributed by atoms with Crippen molar-refractivity contribution in [1.82, 2.24) is 5.32 Å². The summed E-state index contributed by atoms with van der Waals surface area (Å²) in [6.07, 6.45) is 1.50. The Morgan fingerprint density at radius 2 is 1.83 bits per heavy atom. The number of urea groups is 1. The molecule has 0 atom stereocenters. The van der Waals surface area contributed by atoms with Crippen LogP contribution in [-0.2, 0) is 11.4 Å². The van der Waals surface area contributed by atoms with Crippen molar-refractivity contribution in [3.8, 4) is 11.5 Å². The van der Waals surface area contributed by atoms with E-state index in [1.807, 2.05) is 0 Å². The van der Waals surface area contributed by atoms with Crippen molar-refractivity contribution in [2.75, 3.05) is 11.5 Å². The van der Waals surface area contributed by atoms with E-state index in [0.717, 1.165) is 4.90 Å². The van der Waals surface area contributed by atoms with Gasteiger partial charge in [-0.1, -0.05) is 48.0 Å². The van der Waals surface area contributed by atoms with Crippen LogP contribution in [0.15, 0.2) is 72.4 Å². The Morgan fingerprint density at radius 1 is 1.06 bits per heavy atom. The fraction of sp³-hybridized carbons (Fsp3) is 0.115. The highest BCUT2D eigenvalue weighted by Crippen LogP contribution is 2.38. The normalized spacial score (nSPS) is 14.2. The zero-order chi connectivity index (χ0) is 24.9. The minimum atomic E-state index is -1.28. The van der Waals surface area contributed by atoms with Gasteiger partial charge in [0.2, 0.25) is 0 Å². The molecular weight excluding hydrogens is 472 g/mol. The number of rotatable bonds is 8. The van der Waals surface area contributed by atoms with E-state index in [9.17, 15) is 19.5 Å². The molecule has 0 spiro atoms.